The molecule has 102 valence electrons. The van der Waals surface area contributed by atoms with E-state index < -0.39 is 0 Å². The Kier molecular flexibility index (Phi) is 4.99. The van der Waals surface area contributed by atoms with Gasteiger partial charge in [0, 0.05) is 29.8 Å². The zero-order valence-corrected chi connectivity index (χ0v) is 12.9. The summed E-state index contributed by atoms with van der Waals surface area (Å²) in [6.07, 6.45) is 4.51. The summed E-state index contributed by atoms with van der Waals surface area (Å²) in [6, 6.07) is 5.81. The summed E-state index contributed by atoms with van der Waals surface area (Å²) < 4.78 is 2.97. The molecule has 4 nitrogen and oxygen atoms in total. The molecule has 0 radical (unpaired) electrons. The van der Waals surface area contributed by atoms with E-state index in [9.17, 15) is 0 Å². The quantitative estimate of drug-likeness (QED) is 0.648. The first-order chi connectivity index (χ1) is 9.15. The Morgan fingerprint density at radius 3 is 2.95 bits per heavy atom. The molecule has 6 heteroatoms. The lowest BCUT2D eigenvalue weighted by molar-refractivity contribution is 0.523. The van der Waals surface area contributed by atoms with Gasteiger partial charge in [-0.25, -0.2) is 4.98 Å². The molecule has 0 amide bonds. The second-order valence-electron chi connectivity index (χ2n) is 4.23. The maximum absolute atomic E-state index is 6.00. The van der Waals surface area contributed by atoms with E-state index in [1.807, 2.05) is 30.6 Å². The number of imidazole rings is 1. The second kappa shape index (κ2) is 6.52. The Morgan fingerprint density at radius 1 is 1.53 bits per heavy atom. The molecule has 0 aliphatic rings. The van der Waals surface area contributed by atoms with Gasteiger partial charge in [0.25, 0.3) is 0 Å². The minimum atomic E-state index is 0.00117. The van der Waals surface area contributed by atoms with Crippen LogP contribution in [0.25, 0.3) is 0 Å². The molecule has 0 saturated carbocycles. The number of aromatic nitrogens is 2. The van der Waals surface area contributed by atoms with Crippen molar-refractivity contribution in [3.05, 3.63) is 51.5 Å². The first kappa shape index (κ1) is 14.5. The Balaban J connectivity index is 2.22. The van der Waals surface area contributed by atoms with E-state index in [0.29, 0.717) is 5.02 Å². The zero-order valence-electron chi connectivity index (χ0n) is 10.6. The molecule has 3 N–H and O–H groups in total. The molecular weight excluding hydrogens is 328 g/mol. The SMILES string of the molecule is CCn1ccnc1CC(NN)c1ccc(Cl)c(Br)c1. The molecule has 1 heterocycles. The number of nitrogens with one attached hydrogen (secondary N) is 1. The van der Waals surface area contributed by atoms with Crippen molar-refractivity contribution in [2.45, 2.75) is 25.9 Å². The fourth-order valence-electron chi connectivity index (χ4n) is 2.00. The van der Waals surface area contributed by atoms with Gasteiger partial charge in [0.15, 0.2) is 0 Å². The summed E-state index contributed by atoms with van der Waals surface area (Å²) in [7, 11) is 0. The predicted octanol–water partition coefficient (Wildman–Crippen LogP) is 3.07. The van der Waals surface area contributed by atoms with Gasteiger partial charge >= 0.3 is 0 Å². The van der Waals surface area contributed by atoms with Crippen LogP contribution >= 0.6 is 27.5 Å². The van der Waals surface area contributed by atoms with E-state index in [1.54, 1.807) is 0 Å². The summed E-state index contributed by atoms with van der Waals surface area (Å²) in [5.74, 6) is 6.68. The molecule has 19 heavy (non-hydrogen) atoms. The minimum Gasteiger partial charge on any atom is -0.335 e. The largest absolute Gasteiger partial charge is 0.335 e. The van der Waals surface area contributed by atoms with Gasteiger partial charge in [-0.1, -0.05) is 17.7 Å². The molecule has 0 fully saturated rings. The topological polar surface area (TPSA) is 55.9 Å². The highest BCUT2D eigenvalue weighted by molar-refractivity contribution is 9.10. The van der Waals surface area contributed by atoms with Crippen molar-refractivity contribution >= 4 is 27.5 Å². The van der Waals surface area contributed by atoms with E-state index in [-0.39, 0.29) is 6.04 Å². The molecule has 2 aromatic rings. The van der Waals surface area contributed by atoms with Crippen LogP contribution in [-0.2, 0) is 13.0 Å². The molecule has 0 spiro atoms. The summed E-state index contributed by atoms with van der Waals surface area (Å²) in [4.78, 5) is 4.37. The number of nitrogens with two attached hydrogens (primary N) is 1. The van der Waals surface area contributed by atoms with Crippen molar-refractivity contribution in [1.29, 1.82) is 0 Å². The molecule has 1 atom stereocenters. The summed E-state index contributed by atoms with van der Waals surface area (Å²) in [5.41, 5.74) is 3.91. The zero-order chi connectivity index (χ0) is 13.8. The first-order valence-corrected chi connectivity index (χ1v) is 7.24. The van der Waals surface area contributed by atoms with Crippen molar-refractivity contribution in [3.8, 4) is 0 Å². The van der Waals surface area contributed by atoms with Gasteiger partial charge in [-0.15, -0.1) is 0 Å². The number of nitrogens with zero attached hydrogens (tertiary/aromatic N) is 2. The Morgan fingerprint density at radius 2 is 2.32 bits per heavy atom. The summed E-state index contributed by atoms with van der Waals surface area (Å²) >= 11 is 9.43. The van der Waals surface area contributed by atoms with Gasteiger partial charge in [-0.3, -0.25) is 11.3 Å². The van der Waals surface area contributed by atoms with Crippen molar-refractivity contribution < 1.29 is 0 Å². The monoisotopic (exact) mass is 342 g/mol. The number of hydrogen-bond donors (Lipinski definition) is 2. The number of benzene rings is 1. The van der Waals surface area contributed by atoms with E-state index in [1.165, 1.54) is 0 Å². The van der Waals surface area contributed by atoms with Gasteiger partial charge in [-0.05, 0) is 40.5 Å². The molecule has 1 aromatic carbocycles. The third-order valence-electron chi connectivity index (χ3n) is 3.08. The Hall–Kier alpha value is -0.880. The van der Waals surface area contributed by atoms with Gasteiger partial charge in [-0.2, -0.15) is 0 Å². The van der Waals surface area contributed by atoms with E-state index in [2.05, 4.69) is 37.8 Å². The molecule has 0 saturated heterocycles. The lowest BCUT2D eigenvalue weighted by atomic mass is 10.0. The fraction of sp³-hybridized carbons (Fsp3) is 0.308. The predicted molar refractivity (Wildman–Crippen MR) is 80.8 cm³/mol. The second-order valence-corrected chi connectivity index (χ2v) is 5.49. The van der Waals surface area contributed by atoms with Crippen LogP contribution in [0.15, 0.2) is 35.1 Å². The lowest BCUT2D eigenvalue weighted by Gasteiger charge is -2.17. The Labute approximate surface area is 126 Å². The van der Waals surface area contributed by atoms with Crippen molar-refractivity contribution in [2.75, 3.05) is 0 Å². The van der Waals surface area contributed by atoms with Gasteiger partial charge in [0.05, 0.1) is 11.1 Å². The molecule has 0 bridgehead atoms. The van der Waals surface area contributed by atoms with E-state index >= 15 is 0 Å². The standard InChI is InChI=1S/C13H16BrClN4/c1-2-19-6-5-17-13(19)8-12(18-16)9-3-4-11(15)10(14)7-9/h3-7,12,18H,2,8,16H2,1H3. The van der Waals surface area contributed by atoms with Crippen LogP contribution in [0, 0.1) is 0 Å². The van der Waals surface area contributed by atoms with E-state index in [0.717, 1.165) is 28.8 Å². The number of aryl methyl sites for hydroxylation is 1. The highest BCUT2D eigenvalue weighted by Crippen LogP contribution is 2.27. The lowest BCUT2D eigenvalue weighted by Crippen LogP contribution is -2.30. The highest BCUT2D eigenvalue weighted by Gasteiger charge is 2.14. The molecule has 1 aromatic heterocycles. The van der Waals surface area contributed by atoms with Crippen LogP contribution < -0.4 is 11.3 Å². The van der Waals surface area contributed by atoms with Gasteiger partial charge in [0.2, 0.25) is 0 Å². The number of rotatable bonds is 5. The third kappa shape index (κ3) is 3.36. The van der Waals surface area contributed by atoms with Crippen LogP contribution in [0.3, 0.4) is 0 Å². The van der Waals surface area contributed by atoms with E-state index in [4.69, 9.17) is 17.4 Å². The number of hydrazine groups is 1. The van der Waals surface area contributed by atoms with Crippen LogP contribution in [0.4, 0.5) is 0 Å². The van der Waals surface area contributed by atoms with Crippen molar-refractivity contribution in [2.24, 2.45) is 5.84 Å². The maximum Gasteiger partial charge on any atom is 0.110 e. The van der Waals surface area contributed by atoms with Crippen molar-refractivity contribution in [1.82, 2.24) is 15.0 Å². The molecule has 0 aliphatic heterocycles. The van der Waals surface area contributed by atoms with Crippen LogP contribution in [0.5, 0.6) is 0 Å². The number of hydrogen-bond acceptors (Lipinski definition) is 3. The average molecular weight is 344 g/mol. The smallest absolute Gasteiger partial charge is 0.110 e. The normalized spacial score (nSPS) is 12.6. The Bertz CT molecular complexity index is 555. The molecular formula is C13H16BrClN4. The molecule has 0 aliphatic carbocycles. The minimum absolute atomic E-state index is 0.00117. The van der Waals surface area contributed by atoms with Crippen LogP contribution in [0.2, 0.25) is 5.02 Å². The average Bonchev–Trinajstić information content (AvgIpc) is 2.86. The fourth-order valence-corrected chi connectivity index (χ4v) is 2.52. The van der Waals surface area contributed by atoms with Crippen LogP contribution in [0.1, 0.15) is 24.4 Å². The van der Waals surface area contributed by atoms with Crippen molar-refractivity contribution in [3.63, 3.8) is 0 Å². The maximum atomic E-state index is 6.00. The number of halogens is 2. The van der Waals surface area contributed by atoms with Crippen LogP contribution in [-0.4, -0.2) is 9.55 Å². The molecule has 2 rings (SSSR count). The summed E-state index contributed by atoms with van der Waals surface area (Å²) in [5, 5.41) is 0.689. The molecule has 1 unspecified atom stereocenters. The summed E-state index contributed by atoms with van der Waals surface area (Å²) in [6.45, 7) is 2.99. The highest BCUT2D eigenvalue weighted by atomic mass is 79.9. The third-order valence-corrected chi connectivity index (χ3v) is 4.29. The first-order valence-electron chi connectivity index (χ1n) is 6.06. The van der Waals surface area contributed by atoms with Gasteiger partial charge in [0.1, 0.15) is 5.82 Å². The van der Waals surface area contributed by atoms with Gasteiger partial charge < -0.3 is 4.57 Å².